The van der Waals surface area contributed by atoms with E-state index in [1.807, 2.05) is 12.1 Å². The SMILES string of the molecule is Cc1ccccc1CNc1cnnc(Nc2ccc(F)c(Cl)c2)n1. The van der Waals surface area contributed by atoms with Gasteiger partial charge in [0.15, 0.2) is 5.82 Å². The first kappa shape index (κ1) is 16.1. The molecule has 0 fully saturated rings. The van der Waals surface area contributed by atoms with E-state index >= 15 is 0 Å². The number of nitrogens with zero attached hydrogens (tertiary/aromatic N) is 3. The van der Waals surface area contributed by atoms with E-state index in [-0.39, 0.29) is 5.02 Å². The molecule has 0 saturated carbocycles. The van der Waals surface area contributed by atoms with Crippen molar-refractivity contribution in [2.45, 2.75) is 13.5 Å². The van der Waals surface area contributed by atoms with Crippen molar-refractivity contribution < 1.29 is 4.39 Å². The second-order valence-electron chi connectivity index (χ2n) is 5.20. The lowest BCUT2D eigenvalue weighted by Gasteiger charge is -2.09. The van der Waals surface area contributed by atoms with Gasteiger partial charge in [-0.15, -0.1) is 5.10 Å². The molecular formula is C17H15ClFN5. The van der Waals surface area contributed by atoms with Crippen LogP contribution in [0, 0.1) is 12.7 Å². The van der Waals surface area contributed by atoms with E-state index in [0.29, 0.717) is 24.0 Å². The molecule has 0 amide bonds. The van der Waals surface area contributed by atoms with Crippen LogP contribution in [0.25, 0.3) is 0 Å². The molecule has 0 saturated heterocycles. The molecule has 0 unspecified atom stereocenters. The Morgan fingerprint density at radius 2 is 2.00 bits per heavy atom. The second-order valence-corrected chi connectivity index (χ2v) is 5.61. The van der Waals surface area contributed by atoms with Gasteiger partial charge in [-0.1, -0.05) is 35.9 Å². The molecule has 24 heavy (non-hydrogen) atoms. The van der Waals surface area contributed by atoms with Crippen LogP contribution in [0.15, 0.2) is 48.7 Å². The minimum absolute atomic E-state index is 0.0294. The lowest BCUT2D eigenvalue weighted by atomic mass is 10.1. The van der Waals surface area contributed by atoms with Crippen LogP contribution < -0.4 is 10.6 Å². The highest BCUT2D eigenvalue weighted by atomic mass is 35.5. The first-order valence-corrected chi connectivity index (χ1v) is 7.70. The fourth-order valence-corrected chi connectivity index (χ4v) is 2.32. The summed E-state index contributed by atoms with van der Waals surface area (Å²) in [4.78, 5) is 4.33. The molecule has 2 N–H and O–H groups in total. The highest BCUT2D eigenvalue weighted by molar-refractivity contribution is 6.31. The maximum absolute atomic E-state index is 13.2. The van der Waals surface area contributed by atoms with Gasteiger partial charge in [0.1, 0.15) is 5.82 Å². The Bertz CT molecular complexity index is 856. The topological polar surface area (TPSA) is 62.7 Å². The molecule has 0 aliphatic carbocycles. The zero-order chi connectivity index (χ0) is 16.9. The van der Waals surface area contributed by atoms with Crippen LogP contribution >= 0.6 is 11.6 Å². The minimum atomic E-state index is -0.477. The molecule has 1 aromatic heterocycles. The maximum atomic E-state index is 13.2. The zero-order valence-electron chi connectivity index (χ0n) is 12.9. The van der Waals surface area contributed by atoms with Gasteiger partial charge in [0, 0.05) is 12.2 Å². The molecule has 0 aliphatic rings. The van der Waals surface area contributed by atoms with E-state index < -0.39 is 5.82 Å². The summed E-state index contributed by atoms with van der Waals surface area (Å²) in [5.74, 6) is 0.409. The van der Waals surface area contributed by atoms with Gasteiger partial charge >= 0.3 is 0 Å². The average Bonchev–Trinajstić information content (AvgIpc) is 2.58. The number of aryl methyl sites for hydroxylation is 1. The van der Waals surface area contributed by atoms with E-state index in [4.69, 9.17) is 11.6 Å². The summed E-state index contributed by atoms with van der Waals surface area (Å²) in [6.07, 6.45) is 1.54. The minimum Gasteiger partial charge on any atom is -0.365 e. The standard InChI is InChI=1S/C17H15ClFN5/c1-11-4-2-3-5-12(11)9-20-16-10-21-24-17(23-16)22-13-6-7-15(19)14(18)8-13/h2-8,10H,9H2,1H3,(H2,20,22,23,24). The third kappa shape index (κ3) is 3.97. The first-order chi connectivity index (χ1) is 11.6. The second kappa shape index (κ2) is 7.23. The molecule has 0 spiro atoms. The van der Waals surface area contributed by atoms with E-state index in [9.17, 15) is 4.39 Å². The Hall–Kier alpha value is -2.73. The number of benzene rings is 2. The Morgan fingerprint density at radius 1 is 1.17 bits per heavy atom. The first-order valence-electron chi connectivity index (χ1n) is 7.32. The monoisotopic (exact) mass is 343 g/mol. The fourth-order valence-electron chi connectivity index (χ4n) is 2.14. The number of hydrogen-bond donors (Lipinski definition) is 2. The van der Waals surface area contributed by atoms with Gasteiger partial charge in [-0.2, -0.15) is 10.1 Å². The van der Waals surface area contributed by atoms with Crippen molar-refractivity contribution in [3.05, 3.63) is 70.6 Å². The average molecular weight is 344 g/mol. The maximum Gasteiger partial charge on any atom is 0.249 e. The Kier molecular flexibility index (Phi) is 4.86. The molecule has 0 atom stereocenters. The van der Waals surface area contributed by atoms with Gasteiger partial charge in [-0.05, 0) is 36.2 Å². The van der Waals surface area contributed by atoms with Crippen molar-refractivity contribution in [2.75, 3.05) is 10.6 Å². The molecule has 5 nitrogen and oxygen atoms in total. The lowest BCUT2D eigenvalue weighted by molar-refractivity contribution is 0.628. The fraction of sp³-hybridized carbons (Fsp3) is 0.118. The number of rotatable bonds is 5. The van der Waals surface area contributed by atoms with Crippen LogP contribution in [0.3, 0.4) is 0 Å². The van der Waals surface area contributed by atoms with Gasteiger partial charge in [0.25, 0.3) is 0 Å². The number of halogens is 2. The Balaban J connectivity index is 1.69. The summed E-state index contributed by atoms with van der Waals surface area (Å²) >= 11 is 5.76. The van der Waals surface area contributed by atoms with Crippen LogP contribution in [-0.4, -0.2) is 15.2 Å². The summed E-state index contributed by atoms with van der Waals surface area (Å²) in [6, 6.07) is 12.4. The summed E-state index contributed by atoms with van der Waals surface area (Å²) in [6.45, 7) is 2.69. The van der Waals surface area contributed by atoms with Crippen LogP contribution in [-0.2, 0) is 6.54 Å². The van der Waals surface area contributed by atoms with Gasteiger partial charge in [-0.3, -0.25) is 0 Å². The van der Waals surface area contributed by atoms with Crippen LogP contribution in [0.5, 0.6) is 0 Å². The summed E-state index contributed by atoms with van der Waals surface area (Å²) in [5, 5.41) is 14.0. The highest BCUT2D eigenvalue weighted by Crippen LogP contribution is 2.21. The molecule has 2 aromatic carbocycles. The van der Waals surface area contributed by atoms with Crippen molar-refractivity contribution in [1.82, 2.24) is 15.2 Å². The molecule has 0 bridgehead atoms. The van der Waals surface area contributed by atoms with E-state index in [1.165, 1.54) is 23.3 Å². The van der Waals surface area contributed by atoms with Gasteiger partial charge in [0.2, 0.25) is 5.95 Å². The van der Waals surface area contributed by atoms with Crippen LogP contribution in [0.4, 0.5) is 21.8 Å². The summed E-state index contributed by atoms with van der Waals surface area (Å²) in [7, 11) is 0. The molecule has 1 heterocycles. The molecule has 3 aromatic rings. The normalized spacial score (nSPS) is 10.5. The lowest BCUT2D eigenvalue weighted by Crippen LogP contribution is -2.06. The summed E-state index contributed by atoms with van der Waals surface area (Å²) < 4.78 is 13.2. The number of hydrogen-bond acceptors (Lipinski definition) is 5. The van der Waals surface area contributed by atoms with Gasteiger partial charge < -0.3 is 10.6 Å². The van der Waals surface area contributed by atoms with Crippen LogP contribution in [0.1, 0.15) is 11.1 Å². The largest absolute Gasteiger partial charge is 0.365 e. The third-order valence-electron chi connectivity index (χ3n) is 3.46. The van der Waals surface area contributed by atoms with Gasteiger partial charge in [0.05, 0.1) is 11.2 Å². The van der Waals surface area contributed by atoms with Crippen molar-refractivity contribution in [1.29, 1.82) is 0 Å². The van der Waals surface area contributed by atoms with Crippen LogP contribution in [0.2, 0.25) is 5.02 Å². The quantitative estimate of drug-likeness (QED) is 0.722. The molecular weight excluding hydrogens is 329 g/mol. The van der Waals surface area contributed by atoms with E-state index in [1.54, 1.807) is 12.3 Å². The highest BCUT2D eigenvalue weighted by Gasteiger charge is 2.05. The van der Waals surface area contributed by atoms with Crippen molar-refractivity contribution in [3.63, 3.8) is 0 Å². The predicted octanol–water partition coefficient (Wildman–Crippen LogP) is 4.33. The van der Waals surface area contributed by atoms with E-state index in [0.717, 1.165) is 0 Å². The molecule has 0 radical (unpaired) electrons. The molecule has 3 rings (SSSR count). The third-order valence-corrected chi connectivity index (χ3v) is 3.75. The van der Waals surface area contributed by atoms with Crippen molar-refractivity contribution in [2.24, 2.45) is 0 Å². The number of aromatic nitrogens is 3. The number of anilines is 3. The summed E-state index contributed by atoms with van der Waals surface area (Å²) in [5.41, 5.74) is 2.96. The molecule has 7 heteroatoms. The Labute approximate surface area is 143 Å². The zero-order valence-corrected chi connectivity index (χ0v) is 13.7. The Morgan fingerprint density at radius 3 is 2.79 bits per heavy atom. The smallest absolute Gasteiger partial charge is 0.249 e. The number of nitrogens with one attached hydrogen (secondary N) is 2. The van der Waals surface area contributed by atoms with Crippen molar-refractivity contribution in [3.8, 4) is 0 Å². The van der Waals surface area contributed by atoms with Gasteiger partial charge in [-0.25, -0.2) is 4.39 Å². The van der Waals surface area contributed by atoms with Crippen molar-refractivity contribution >= 4 is 29.1 Å². The molecule has 0 aliphatic heterocycles. The van der Waals surface area contributed by atoms with E-state index in [2.05, 4.69) is 44.9 Å². The predicted molar refractivity (Wildman–Crippen MR) is 93.0 cm³/mol. The molecule has 122 valence electrons.